The van der Waals surface area contributed by atoms with E-state index in [4.69, 9.17) is 11.6 Å². The molecule has 0 spiro atoms. The molecule has 9 heteroatoms. The fourth-order valence-corrected chi connectivity index (χ4v) is 4.85. The molecule has 3 aromatic rings. The first kappa shape index (κ1) is 25.9. The summed E-state index contributed by atoms with van der Waals surface area (Å²) in [6, 6.07) is 15.9. The lowest BCUT2D eigenvalue weighted by atomic mass is 10.1. The van der Waals surface area contributed by atoms with Crippen LogP contribution in [0.5, 0.6) is 0 Å². The van der Waals surface area contributed by atoms with Gasteiger partial charge in [0, 0.05) is 56.9 Å². The summed E-state index contributed by atoms with van der Waals surface area (Å²) in [7, 11) is 0. The van der Waals surface area contributed by atoms with Crippen molar-refractivity contribution >= 4 is 29.1 Å². The molecule has 2 amide bonds. The highest BCUT2D eigenvalue weighted by Crippen LogP contribution is 2.27. The largest absolute Gasteiger partial charge is 0.335 e. The van der Waals surface area contributed by atoms with Crippen LogP contribution in [0.15, 0.2) is 48.5 Å². The molecule has 1 aromatic heterocycles. The maximum Gasteiger partial charge on any atom is 0.244 e. The van der Waals surface area contributed by atoms with E-state index in [0.29, 0.717) is 42.9 Å². The van der Waals surface area contributed by atoms with Gasteiger partial charge in [0.1, 0.15) is 18.2 Å². The smallest absolute Gasteiger partial charge is 0.244 e. The molecular weight excluding hydrogens is 476 g/mol. The van der Waals surface area contributed by atoms with Crippen LogP contribution in [0.3, 0.4) is 0 Å². The SMILES string of the molecule is CC(=O)N1CCCN(Cc2ccccc2)CCN(C(=O)Cn2nc(C)nc2C)Cc2cc(Cl)ccc21. The minimum absolute atomic E-state index is 0.0287. The Balaban J connectivity index is 1.65. The number of carbonyl (C=O) groups excluding carboxylic acids is 2. The van der Waals surface area contributed by atoms with E-state index >= 15 is 0 Å². The molecule has 2 aromatic carbocycles. The van der Waals surface area contributed by atoms with Crippen molar-refractivity contribution in [2.75, 3.05) is 31.1 Å². The van der Waals surface area contributed by atoms with Gasteiger partial charge in [-0.2, -0.15) is 5.10 Å². The predicted molar refractivity (Wildman–Crippen MR) is 141 cm³/mol. The van der Waals surface area contributed by atoms with Crippen molar-refractivity contribution in [2.24, 2.45) is 0 Å². The summed E-state index contributed by atoms with van der Waals surface area (Å²) in [4.78, 5) is 36.5. The third-order valence-corrected chi connectivity index (χ3v) is 6.70. The first-order valence-corrected chi connectivity index (χ1v) is 12.7. The standard InChI is InChI=1S/C27H33ClN6O2/c1-20-29-21(2)34(30-20)19-27(36)32-15-14-31(17-23-8-5-4-6-9-23)12-7-13-33(22(3)35)26-11-10-25(28)16-24(26)18-32/h4-6,8-11,16H,7,12-15,17-19H2,1-3H3. The van der Waals surface area contributed by atoms with Gasteiger partial charge in [0.2, 0.25) is 11.8 Å². The summed E-state index contributed by atoms with van der Waals surface area (Å²) in [6.07, 6.45) is 0.819. The molecule has 0 aliphatic carbocycles. The van der Waals surface area contributed by atoms with Crippen LogP contribution in [-0.4, -0.2) is 62.6 Å². The summed E-state index contributed by atoms with van der Waals surface area (Å²) < 4.78 is 1.64. The van der Waals surface area contributed by atoms with Crippen LogP contribution in [0.4, 0.5) is 5.69 Å². The molecule has 1 aliphatic heterocycles. The number of anilines is 1. The van der Waals surface area contributed by atoms with E-state index < -0.39 is 0 Å². The minimum Gasteiger partial charge on any atom is -0.335 e. The number of hydrogen-bond acceptors (Lipinski definition) is 5. The van der Waals surface area contributed by atoms with E-state index in [1.165, 1.54) is 5.56 Å². The molecule has 1 aliphatic rings. The number of fused-ring (bicyclic) bond motifs is 1. The van der Waals surface area contributed by atoms with E-state index in [1.54, 1.807) is 22.6 Å². The van der Waals surface area contributed by atoms with Crippen molar-refractivity contribution in [1.82, 2.24) is 24.6 Å². The first-order valence-electron chi connectivity index (χ1n) is 12.3. The molecule has 2 heterocycles. The highest BCUT2D eigenvalue weighted by molar-refractivity contribution is 6.30. The maximum atomic E-state index is 13.6. The van der Waals surface area contributed by atoms with Gasteiger partial charge in [-0.05, 0) is 49.6 Å². The number of carbonyl (C=O) groups is 2. The summed E-state index contributed by atoms with van der Waals surface area (Å²) in [6.45, 7) is 9.16. The van der Waals surface area contributed by atoms with Crippen molar-refractivity contribution in [2.45, 2.75) is 46.8 Å². The van der Waals surface area contributed by atoms with Crippen molar-refractivity contribution in [3.8, 4) is 0 Å². The molecule has 0 fully saturated rings. The van der Waals surface area contributed by atoms with Crippen molar-refractivity contribution in [3.63, 3.8) is 0 Å². The number of hydrogen-bond donors (Lipinski definition) is 0. The highest BCUT2D eigenvalue weighted by atomic mass is 35.5. The lowest BCUT2D eigenvalue weighted by Gasteiger charge is -2.28. The molecule has 4 rings (SSSR count). The second-order valence-electron chi connectivity index (χ2n) is 9.24. The molecule has 0 unspecified atom stereocenters. The number of aromatic nitrogens is 3. The average Bonchev–Trinajstić information content (AvgIpc) is 3.14. The number of halogens is 1. The fourth-order valence-electron chi connectivity index (χ4n) is 4.65. The molecule has 190 valence electrons. The Hall–Kier alpha value is -3.23. The number of nitrogens with zero attached hydrogens (tertiary/aromatic N) is 6. The van der Waals surface area contributed by atoms with E-state index in [9.17, 15) is 9.59 Å². The molecule has 8 nitrogen and oxygen atoms in total. The third kappa shape index (κ3) is 6.50. The summed E-state index contributed by atoms with van der Waals surface area (Å²) in [5, 5.41) is 4.95. The van der Waals surface area contributed by atoms with Crippen LogP contribution < -0.4 is 4.90 Å². The Morgan fingerprint density at radius 2 is 1.78 bits per heavy atom. The van der Waals surface area contributed by atoms with Crippen LogP contribution in [0, 0.1) is 13.8 Å². The van der Waals surface area contributed by atoms with Crippen molar-refractivity contribution < 1.29 is 9.59 Å². The van der Waals surface area contributed by atoms with Crippen molar-refractivity contribution in [3.05, 3.63) is 76.3 Å². The maximum absolute atomic E-state index is 13.6. The number of aryl methyl sites for hydroxylation is 2. The fraction of sp³-hybridized carbons (Fsp3) is 0.407. The average molecular weight is 509 g/mol. The van der Waals surface area contributed by atoms with Gasteiger partial charge in [0.15, 0.2) is 0 Å². The normalized spacial score (nSPS) is 15.3. The van der Waals surface area contributed by atoms with Crippen LogP contribution in [0.2, 0.25) is 5.02 Å². The zero-order valence-electron chi connectivity index (χ0n) is 21.2. The third-order valence-electron chi connectivity index (χ3n) is 6.47. The van der Waals surface area contributed by atoms with Crippen LogP contribution in [0.25, 0.3) is 0 Å². The summed E-state index contributed by atoms with van der Waals surface area (Å²) in [5.74, 6) is 1.26. The molecule has 36 heavy (non-hydrogen) atoms. The Kier molecular flexibility index (Phi) is 8.38. The monoisotopic (exact) mass is 508 g/mol. The Bertz CT molecular complexity index is 1210. The topological polar surface area (TPSA) is 74.6 Å². The van der Waals surface area contributed by atoms with E-state index in [2.05, 4.69) is 27.1 Å². The lowest BCUT2D eigenvalue weighted by Crippen LogP contribution is -2.40. The second kappa shape index (κ2) is 11.7. The lowest BCUT2D eigenvalue weighted by molar-refractivity contribution is -0.133. The van der Waals surface area contributed by atoms with Gasteiger partial charge in [-0.3, -0.25) is 14.5 Å². The zero-order valence-corrected chi connectivity index (χ0v) is 21.9. The predicted octanol–water partition coefficient (Wildman–Crippen LogP) is 3.84. The molecule has 0 saturated carbocycles. The minimum atomic E-state index is -0.0535. The number of amides is 2. The number of benzene rings is 2. The van der Waals surface area contributed by atoms with E-state index in [-0.39, 0.29) is 18.4 Å². The van der Waals surface area contributed by atoms with Crippen LogP contribution in [-0.2, 0) is 29.2 Å². The van der Waals surface area contributed by atoms with Gasteiger partial charge >= 0.3 is 0 Å². The molecular formula is C27H33ClN6O2. The summed E-state index contributed by atoms with van der Waals surface area (Å²) in [5.41, 5.74) is 2.88. The molecule has 0 N–H and O–H groups in total. The Morgan fingerprint density at radius 1 is 1.00 bits per heavy atom. The Morgan fingerprint density at radius 3 is 2.47 bits per heavy atom. The first-order chi connectivity index (χ1) is 17.3. The van der Waals surface area contributed by atoms with Gasteiger partial charge in [-0.25, -0.2) is 9.67 Å². The molecule has 0 atom stereocenters. The van der Waals surface area contributed by atoms with Crippen molar-refractivity contribution in [1.29, 1.82) is 0 Å². The second-order valence-corrected chi connectivity index (χ2v) is 9.67. The van der Waals surface area contributed by atoms with Gasteiger partial charge in [-0.1, -0.05) is 41.9 Å². The van der Waals surface area contributed by atoms with Crippen LogP contribution >= 0.6 is 11.6 Å². The van der Waals surface area contributed by atoms with E-state index in [0.717, 1.165) is 30.8 Å². The molecule has 0 saturated heterocycles. The van der Waals surface area contributed by atoms with E-state index in [1.807, 2.05) is 49.1 Å². The van der Waals surface area contributed by atoms with Gasteiger partial charge < -0.3 is 9.80 Å². The molecule has 0 bridgehead atoms. The van der Waals surface area contributed by atoms with Gasteiger partial charge in [-0.15, -0.1) is 0 Å². The van der Waals surface area contributed by atoms with Gasteiger partial charge in [0.05, 0.1) is 0 Å². The van der Waals surface area contributed by atoms with Gasteiger partial charge in [0.25, 0.3) is 0 Å². The summed E-state index contributed by atoms with van der Waals surface area (Å²) >= 11 is 6.36. The zero-order chi connectivity index (χ0) is 25.7. The quantitative estimate of drug-likeness (QED) is 0.535. The Labute approximate surface area is 217 Å². The number of rotatable bonds is 4. The highest BCUT2D eigenvalue weighted by Gasteiger charge is 2.23. The van der Waals surface area contributed by atoms with Crippen LogP contribution in [0.1, 0.15) is 36.1 Å². The molecule has 0 radical (unpaired) electrons.